The Morgan fingerprint density at radius 2 is 2.00 bits per heavy atom. The zero-order valence-corrected chi connectivity index (χ0v) is 17.7. The lowest BCUT2D eigenvalue weighted by atomic mass is 9.86. The molecule has 152 valence electrons. The van der Waals surface area contributed by atoms with E-state index in [1.807, 2.05) is 27.7 Å². The van der Waals surface area contributed by atoms with Gasteiger partial charge in [-0.1, -0.05) is 0 Å². The average Bonchev–Trinajstić information content (AvgIpc) is 3.09. The number of thiophene rings is 1. The Morgan fingerprint density at radius 3 is 2.54 bits per heavy atom. The number of carbonyl (C=O) groups is 2. The van der Waals surface area contributed by atoms with Gasteiger partial charge in [0, 0.05) is 11.3 Å². The van der Waals surface area contributed by atoms with Crippen LogP contribution in [0.3, 0.4) is 0 Å². The molecule has 2 aromatic rings. The van der Waals surface area contributed by atoms with Crippen molar-refractivity contribution in [2.24, 2.45) is 5.73 Å². The third kappa shape index (κ3) is 3.69. The van der Waals surface area contributed by atoms with Crippen molar-refractivity contribution >= 4 is 28.2 Å². The number of nitrogens with one attached hydrogen (secondary N) is 2. The smallest absolute Gasteiger partial charge is 0.276 e. The van der Waals surface area contributed by atoms with E-state index in [-0.39, 0.29) is 5.69 Å². The number of hydrogen-bond donors (Lipinski definition) is 4. The van der Waals surface area contributed by atoms with Gasteiger partial charge in [0.2, 0.25) is 0 Å². The standard InChI is InChI=1S/C19H26N4O4S/c1-17(2)8-9-12(14(20)24)16(28-13(9)19(5,6)27-17)21-15(25)10-7-11(23-22-10)18(3,4)26/h7,26H,8H2,1-6H3,(H2,20,24)(H,21,25)(H,22,23). The van der Waals surface area contributed by atoms with Crippen LogP contribution in [0.4, 0.5) is 5.00 Å². The predicted molar refractivity (Wildman–Crippen MR) is 107 cm³/mol. The monoisotopic (exact) mass is 406 g/mol. The number of aromatic amines is 1. The van der Waals surface area contributed by atoms with Crippen molar-refractivity contribution in [1.29, 1.82) is 0 Å². The summed E-state index contributed by atoms with van der Waals surface area (Å²) in [5, 5.41) is 19.8. The Hall–Kier alpha value is -2.23. The highest BCUT2D eigenvalue weighted by atomic mass is 32.1. The molecule has 9 heteroatoms. The molecule has 0 atom stereocenters. The highest BCUT2D eigenvalue weighted by Gasteiger charge is 2.43. The van der Waals surface area contributed by atoms with Crippen LogP contribution in [-0.2, 0) is 22.4 Å². The summed E-state index contributed by atoms with van der Waals surface area (Å²) in [6.45, 7) is 11.0. The van der Waals surface area contributed by atoms with Gasteiger partial charge in [-0.2, -0.15) is 5.10 Å². The van der Waals surface area contributed by atoms with Crippen molar-refractivity contribution in [1.82, 2.24) is 10.2 Å². The summed E-state index contributed by atoms with van der Waals surface area (Å²) in [5.74, 6) is -1.09. The molecule has 3 heterocycles. The predicted octanol–water partition coefficient (Wildman–Crippen LogP) is 2.64. The molecule has 28 heavy (non-hydrogen) atoms. The summed E-state index contributed by atoms with van der Waals surface area (Å²) < 4.78 is 6.17. The van der Waals surface area contributed by atoms with Gasteiger partial charge in [-0.25, -0.2) is 0 Å². The topological polar surface area (TPSA) is 130 Å². The summed E-state index contributed by atoms with van der Waals surface area (Å²) in [4.78, 5) is 25.8. The van der Waals surface area contributed by atoms with Gasteiger partial charge in [0.25, 0.3) is 11.8 Å². The number of ether oxygens (including phenoxy) is 1. The van der Waals surface area contributed by atoms with Crippen LogP contribution in [0.5, 0.6) is 0 Å². The van der Waals surface area contributed by atoms with Crippen LogP contribution >= 0.6 is 11.3 Å². The lowest BCUT2D eigenvalue weighted by molar-refractivity contribution is -0.135. The summed E-state index contributed by atoms with van der Waals surface area (Å²) >= 11 is 1.29. The number of aromatic nitrogens is 2. The lowest BCUT2D eigenvalue weighted by Gasteiger charge is -2.41. The fourth-order valence-corrected chi connectivity index (χ4v) is 4.84. The first-order chi connectivity index (χ1) is 12.7. The SMILES string of the molecule is CC1(C)Cc2c(sc(NC(=O)c3cc(C(C)(C)O)[nH]n3)c2C(N)=O)C(C)(C)O1. The molecule has 0 fully saturated rings. The second kappa shape index (κ2) is 6.40. The summed E-state index contributed by atoms with van der Waals surface area (Å²) in [6, 6.07) is 1.48. The van der Waals surface area contributed by atoms with E-state index in [0.717, 1.165) is 10.4 Å². The van der Waals surface area contributed by atoms with E-state index in [1.165, 1.54) is 17.4 Å². The molecule has 0 saturated carbocycles. The molecule has 0 unspecified atom stereocenters. The molecule has 1 aliphatic rings. The number of carbonyl (C=O) groups excluding carboxylic acids is 2. The Bertz CT molecular complexity index is 950. The van der Waals surface area contributed by atoms with E-state index in [9.17, 15) is 14.7 Å². The number of fused-ring (bicyclic) bond motifs is 1. The first-order valence-corrected chi connectivity index (χ1v) is 9.79. The van der Waals surface area contributed by atoms with Crippen LogP contribution in [0.2, 0.25) is 0 Å². The zero-order valence-electron chi connectivity index (χ0n) is 16.9. The maximum Gasteiger partial charge on any atom is 0.276 e. The minimum Gasteiger partial charge on any atom is -0.384 e. The first-order valence-electron chi connectivity index (χ1n) is 8.97. The Morgan fingerprint density at radius 1 is 1.36 bits per heavy atom. The van der Waals surface area contributed by atoms with E-state index in [2.05, 4.69) is 15.5 Å². The molecule has 0 bridgehead atoms. The number of nitrogens with two attached hydrogens (primary N) is 1. The number of primary amides is 1. The molecule has 8 nitrogen and oxygen atoms in total. The van der Waals surface area contributed by atoms with Gasteiger partial charge in [-0.3, -0.25) is 14.7 Å². The van der Waals surface area contributed by atoms with E-state index < -0.39 is 28.6 Å². The number of nitrogens with zero attached hydrogens (tertiary/aromatic N) is 1. The molecule has 1 aliphatic heterocycles. The Kier molecular flexibility index (Phi) is 4.68. The maximum atomic E-state index is 12.7. The minimum absolute atomic E-state index is 0.106. The summed E-state index contributed by atoms with van der Waals surface area (Å²) in [6.07, 6.45) is 0.516. The second-order valence-electron chi connectivity index (χ2n) is 8.71. The van der Waals surface area contributed by atoms with E-state index in [4.69, 9.17) is 10.5 Å². The molecule has 0 saturated heterocycles. The number of anilines is 1. The fourth-order valence-electron chi connectivity index (χ4n) is 3.59. The third-order valence-electron chi connectivity index (χ3n) is 4.63. The zero-order chi connectivity index (χ0) is 21.1. The van der Waals surface area contributed by atoms with E-state index in [1.54, 1.807) is 13.8 Å². The molecule has 0 spiro atoms. The Balaban J connectivity index is 1.99. The second-order valence-corrected chi connectivity index (χ2v) is 9.73. The number of rotatable bonds is 4. The molecule has 5 N–H and O–H groups in total. The normalized spacial score (nSPS) is 17.8. The van der Waals surface area contributed by atoms with Gasteiger partial charge >= 0.3 is 0 Å². The minimum atomic E-state index is -1.15. The molecule has 0 radical (unpaired) electrons. The van der Waals surface area contributed by atoms with Crippen LogP contribution in [0, 0.1) is 0 Å². The van der Waals surface area contributed by atoms with Crippen LogP contribution in [0.25, 0.3) is 0 Å². The van der Waals surface area contributed by atoms with Crippen molar-refractivity contribution in [3.05, 3.63) is 33.5 Å². The fraction of sp³-hybridized carbons (Fsp3) is 0.526. The molecular weight excluding hydrogens is 380 g/mol. The van der Waals surface area contributed by atoms with Gasteiger partial charge in [-0.05, 0) is 53.2 Å². The lowest BCUT2D eigenvalue weighted by Crippen LogP contribution is -2.42. The number of H-pyrrole nitrogens is 1. The van der Waals surface area contributed by atoms with Crippen LogP contribution in [-0.4, -0.2) is 32.7 Å². The van der Waals surface area contributed by atoms with Gasteiger partial charge in [0.15, 0.2) is 5.69 Å². The van der Waals surface area contributed by atoms with Crippen molar-refractivity contribution in [2.45, 2.75) is 64.8 Å². The molecular formula is C19H26N4O4S. The average molecular weight is 407 g/mol. The van der Waals surface area contributed by atoms with Crippen LogP contribution < -0.4 is 11.1 Å². The highest BCUT2D eigenvalue weighted by Crippen LogP contribution is 2.48. The maximum absolute atomic E-state index is 12.7. The van der Waals surface area contributed by atoms with Crippen molar-refractivity contribution in [3.8, 4) is 0 Å². The quantitative estimate of drug-likeness (QED) is 0.620. The van der Waals surface area contributed by atoms with Crippen molar-refractivity contribution < 1.29 is 19.4 Å². The number of amides is 2. The van der Waals surface area contributed by atoms with Crippen molar-refractivity contribution in [3.63, 3.8) is 0 Å². The Labute approximate surface area is 167 Å². The van der Waals surface area contributed by atoms with Gasteiger partial charge < -0.3 is 20.9 Å². The highest BCUT2D eigenvalue weighted by molar-refractivity contribution is 7.17. The van der Waals surface area contributed by atoms with Gasteiger partial charge in [0.05, 0.1) is 22.5 Å². The molecule has 3 rings (SSSR count). The molecule has 2 amide bonds. The largest absolute Gasteiger partial charge is 0.384 e. The van der Waals surface area contributed by atoms with Gasteiger partial charge in [0.1, 0.15) is 10.6 Å². The molecule has 0 aliphatic carbocycles. The summed E-state index contributed by atoms with van der Waals surface area (Å²) in [7, 11) is 0. The molecule has 2 aromatic heterocycles. The van der Waals surface area contributed by atoms with Crippen LogP contribution in [0.15, 0.2) is 6.07 Å². The van der Waals surface area contributed by atoms with E-state index in [0.29, 0.717) is 22.7 Å². The first kappa shape index (κ1) is 20.5. The van der Waals surface area contributed by atoms with E-state index >= 15 is 0 Å². The molecule has 0 aromatic carbocycles. The van der Waals surface area contributed by atoms with Gasteiger partial charge in [-0.15, -0.1) is 11.3 Å². The third-order valence-corrected chi connectivity index (χ3v) is 6.08. The van der Waals surface area contributed by atoms with Crippen molar-refractivity contribution in [2.75, 3.05) is 5.32 Å². The van der Waals surface area contributed by atoms with Crippen LogP contribution in [0.1, 0.15) is 78.5 Å². The summed E-state index contributed by atoms with van der Waals surface area (Å²) in [5.41, 5.74) is 5.07. The number of hydrogen-bond acceptors (Lipinski definition) is 6. The number of aliphatic hydroxyl groups is 1.